The third-order valence-electron chi connectivity index (χ3n) is 3.36. The smallest absolute Gasteiger partial charge is 0.244 e. The molecule has 0 saturated carbocycles. The maximum atomic E-state index is 9.89. The SMILES string of the molecule is Cc1noc([C@H]2C[C@@H](O)CN2Cc2ccc(C)s2)n1. The minimum Gasteiger partial charge on any atom is -0.392 e. The van der Waals surface area contributed by atoms with E-state index in [0.717, 1.165) is 6.54 Å². The average Bonchev–Trinajstić information content (AvgIpc) is 3.02. The minimum absolute atomic E-state index is 0.0265. The molecular formula is C13H17N3O2S. The molecular weight excluding hydrogens is 262 g/mol. The molecule has 1 aliphatic rings. The Kier molecular flexibility index (Phi) is 3.38. The number of hydrogen-bond acceptors (Lipinski definition) is 6. The number of rotatable bonds is 3. The van der Waals surface area contributed by atoms with Crippen LogP contribution in [-0.2, 0) is 6.54 Å². The van der Waals surface area contributed by atoms with Crippen molar-refractivity contribution < 1.29 is 9.63 Å². The number of hydrogen-bond donors (Lipinski definition) is 1. The van der Waals surface area contributed by atoms with E-state index < -0.39 is 0 Å². The van der Waals surface area contributed by atoms with Gasteiger partial charge in [0.2, 0.25) is 5.89 Å². The molecule has 3 rings (SSSR count). The lowest BCUT2D eigenvalue weighted by Crippen LogP contribution is -2.24. The number of likely N-dealkylation sites (tertiary alicyclic amines) is 1. The van der Waals surface area contributed by atoms with Crippen molar-refractivity contribution in [2.24, 2.45) is 0 Å². The van der Waals surface area contributed by atoms with Gasteiger partial charge in [-0.15, -0.1) is 11.3 Å². The van der Waals surface area contributed by atoms with Gasteiger partial charge in [0, 0.05) is 22.8 Å². The number of β-amino-alcohol motifs (C(OH)–C–C–N with tert-alkyl or cyclic N) is 1. The van der Waals surface area contributed by atoms with Gasteiger partial charge in [-0.2, -0.15) is 4.98 Å². The Morgan fingerprint density at radius 3 is 2.95 bits per heavy atom. The zero-order valence-electron chi connectivity index (χ0n) is 11.0. The lowest BCUT2D eigenvalue weighted by atomic mass is 10.2. The van der Waals surface area contributed by atoms with Crippen molar-refractivity contribution in [3.63, 3.8) is 0 Å². The van der Waals surface area contributed by atoms with Crippen LogP contribution < -0.4 is 0 Å². The van der Waals surface area contributed by atoms with E-state index in [0.29, 0.717) is 24.7 Å². The highest BCUT2D eigenvalue weighted by molar-refractivity contribution is 7.11. The molecule has 3 heterocycles. The summed E-state index contributed by atoms with van der Waals surface area (Å²) in [5, 5.41) is 13.7. The lowest BCUT2D eigenvalue weighted by Gasteiger charge is -2.20. The van der Waals surface area contributed by atoms with Crippen LogP contribution in [0.2, 0.25) is 0 Å². The summed E-state index contributed by atoms with van der Waals surface area (Å²) in [6.07, 6.45) is 0.338. The van der Waals surface area contributed by atoms with Crippen molar-refractivity contribution in [3.05, 3.63) is 33.6 Å². The standard InChI is InChI=1S/C13H17N3O2S/c1-8-3-4-11(19-8)7-16-6-10(17)5-12(16)13-14-9(2)15-18-13/h3-4,10,12,17H,5-7H2,1-2H3/t10-,12-/m1/s1. The van der Waals surface area contributed by atoms with Crippen LogP contribution >= 0.6 is 11.3 Å². The highest BCUT2D eigenvalue weighted by Crippen LogP contribution is 2.33. The van der Waals surface area contributed by atoms with Crippen LogP contribution in [0.4, 0.5) is 0 Å². The van der Waals surface area contributed by atoms with Crippen LogP contribution in [0.5, 0.6) is 0 Å². The first-order chi connectivity index (χ1) is 9.11. The van der Waals surface area contributed by atoms with E-state index in [1.54, 1.807) is 11.3 Å². The molecule has 5 nitrogen and oxygen atoms in total. The van der Waals surface area contributed by atoms with Gasteiger partial charge in [-0.25, -0.2) is 0 Å². The second-order valence-electron chi connectivity index (χ2n) is 5.03. The van der Waals surface area contributed by atoms with Gasteiger partial charge in [-0.3, -0.25) is 4.90 Å². The second kappa shape index (κ2) is 5.03. The average molecular weight is 279 g/mol. The van der Waals surface area contributed by atoms with Gasteiger partial charge in [0.05, 0.1) is 12.1 Å². The highest BCUT2D eigenvalue weighted by Gasteiger charge is 2.35. The van der Waals surface area contributed by atoms with Crippen molar-refractivity contribution >= 4 is 11.3 Å². The Bertz CT molecular complexity index is 566. The lowest BCUT2D eigenvalue weighted by molar-refractivity contribution is 0.170. The van der Waals surface area contributed by atoms with E-state index in [1.165, 1.54) is 9.75 Å². The van der Waals surface area contributed by atoms with Gasteiger partial charge in [0.25, 0.3) is 0 Å². The summed E-state index contributed by atoms with van der Waals surface area (Å²) in [6.45, 7) is 5.39. The Labute approximate surface area is 115 Å². The summed E-state index contributed by atoms with van der Waals surface area (Å²) >= 11 is 1.79. The second-order valence-corrected chi connectivity index (χ2v) is 6.40. The molecule has 1 N–H and O–H groups in total. The molecule has 0 unspecified atom stereocenters. The number of aliphatic hydroxyl groups is 1. The minimum atomic E-state index is -0.321. The summed E-state index contributed by atoms with van der Waals surface area (Å²) in [4.78, 5) is 9.11. The van der Waals surface area contributed by atoms with Gasteiger partial charge >= 0.3 is 0 Å². The molecule has 0 bridgehead atoms. The van der Waals surface area contributed by atoms with Gasteiger partial charge in [0.15, 0.2) is 5.82 Å². The van der Waals surface area contributed by atoms with Gasteiger partial charge in [-0.05, 0) is 32.4 Å². The van der Waals surface area contributed by atoms with Crippen LogP contribution in [0, 0.1) is 13.8 Å². The fourth-order valence-corrected chi connectivity index (χ4v) is 3.45. The number of aryl methyl sites for hydroxylation is 2. The summed E-state index contributed by atoms with van der Waals surface area (Å²) in [5.41, 5.74) is 0. The number of thiophene rings is 1. The molecule has 1 saturated heterocycles. The zero-order valence-corrected chi connectivity index (χ0v) is 11.9. The highest BCUT2D eigenvalue weighted by atomic mass is 32.1. The predicted molar refractivity (Wildman–Crippen MR) is 71.9 cm³/mol. The fourth-order valence-electron chi connectivity index (χ4n) is 2.53. The van der Waals surface area contributed by atoms with Gasteiger partial charge in [-0.1, -0.05) is 5.16 Å². The maximum Gasteiger partial charge on any atom is 0.244 e. The Balaban J connectivity index is 1.78. The molecule has 0 spiro atoms. The molecule has 6 heteroatoms. The van der Waals surface area contributed by atoms with Crippen molar-refractivity contribution in [3.8, 4) is 0 Å². The van der Waals surface area contributed by atoms with Gasteiger partial charge < -0.3 is 9.63 Å². The topological polar surface area (TPSA) is 62.4 Å². The van der Waals surface area contributed by atoms with E-state index in [1.807, 2.05) is 6.92 Å². The molecule has 2 atom stereocenters. The summed E-state index contributed by atoms with van der Waals surface area (Å²) in [7, 11) is 0. The van der Waals surface area contributed by atoms with E-state index in [-0.39, 0.29) is 12.1 Å². The van der Waals surface area contributed by atoms with Crippen LogP contribution in [0.25, 0.3) is 0 Å². The summed E-state index contributed by atoms with van der Waals surface area (Å²) in [6, 6.07) is 4.29. The van der Waals surface area contributed by atoms with Crippen molar-refractivity contribution in [1.82, 2.24) is 15.0 Å². The first kappa shape index (κ1) is 12.8. The van der Waals surface area contributed by atoms with Gasteiger partial charge in [0.1, 0.15) is 0 Å². The van der Waals surface area contributed by atoms with E-state index in [9.17, 15) is 5.11 Å². The molecule has 1 fully saturated rings. The number of aromatic nitrogens is 2. The number of aliphatic hydroxyl groups excluding tert-OH is 1. The van der Waals surface area contributed by atoms with Crippen molar-refractivity contribution in [2.75, 3.05) is 6.54 Å². The van der Waals surface area contributed by atoms with Crippen molar-refractivity contribution in [1.29, 1.82) is 0 Å². The van der Waals surface area contributed by atoms with Crippen LogP contribution in [-0.4, -0.2) is 32.8 Å². The third kappa shape index (κ3) is 2.70. The normalized spacial score (nSPS) is 24.2. The predicted octanol–water partition coefficient (Wildman–Crippen LogP) is 2.06. The van der Waals surface area contributed by atoms with Crippen LogP contribution in [0.1, 0.15) is 33.9 Å². The van der Waals surface area contributed by atoms with Crippen molar-refractivity contribution in [2.45, 2.75) is 39.0 Å². The molecule has 19 heavy (non-hydrogen) atoms. The molecule has 102 valence electrons. The molecule has 0 aromatic carbocycles. The van der Waals surface area contributed by atoms with E-state index in [2.05, 4.69) is 34.1 Å². The molecule has 0 radical (unpaired) electrons. The monoisotopic (exact) mass is 279 g/mol. The Hall–Kier alpha value is -1.24. The zero-order chi connectivity index (χ0) is 13.4. The third-order valence-corrected chi connectivity index (χ3v) is 4.35. The Morgan fingerprint density at radius 1 is 1.47 bits per heavy atom. The molecule has 1 aliphatic heterocycles. The molecule has 2 aromatic rings. The quantitative estimate of drug-likeness (QED) is 0.931. The van der Waals surface area contributed by atoms with E-state index >= 15 is 0 Å². The van der Waals surface area contributed by atoms with Crippen LogP contribution in [0.15, 0.2) is 16.7 Å². The molecule has 0 aliphatic carbocycles. The summed E-state index contributed by atoms with van der Waals surface area (Å²) in [5.74, 6) is 1.26. The first-order valence-corrected chi connectivity index (χ1v) is 7.21. The van der Waals surface area contributed by atoms with E-state index in [4.69, 9.17) is 4.52 Å². The number of nitrogens with zero attached hydrogens (tertiary/aromatic N) is 3. The first-order valence-electron chi connectivity index (χ1n) is 6.39. The maximum absolute atomic E-state index is 9.89. The Morgan fingerprint density at radius 2 is 2.32 bits per heavy atom. The largest absolute Gasteiger partial charge is 0.392 e. The summed E-state index contributed by atoms with van der Waals surface area (Å²) < 4.78 is 5.26. The molecule has 0 amide bonds. The fraction of sp³-hybridized carbons (Fsp3) is 0.538. The van der Waals surface area contributed by atoms with Crippen LogP contribution in [0.3, 0.4) is 0 Å². The molecule has 2 aromatic heterocycles.